The first-order valence-corrected chi connectivity index (χ1v) is 22.9. The maximum absolute atomic E-state index is 12.6. The van der Waals surface area contributed by atoms with Crippen LogP contribution >= 0.6 is 7.82 Å². The monoisotopic (exact) mass is 778 g/mol. The standard InChI is InChI=1S/C45H80NO7P/c1-3-5-7-9-11-13-15-17-18-19-20-21-22-23-24-25-26-27-28-30-32-34-36-38-45(47)53-44(43-52-54(48,49)51-41-39-46)42-50-40-37-35-33-31-29-16-14-12-10-8-6-4-2/h5,7,10-13,17-18,20-21,23-24,44H,3-4,6,8-9,14-16,19,22,25-43,46H2,1-2H3,(H,48,49)/b7-5-,12-10-,13-11-,18-17-,21-20-,24-23-. The Morgan fingerprint density at radius 1 is 0.574 bits per heavy atom. The largest absolute Gasteiger partial charge is 0.472 e. The van der Waals surface area contributed by atoms with Crippen molar-refractivity contribution in [3.63, 3.8) is 0 Å². The number of phosphoric ester groups is 1. The predicted octanol–water partition coefficient (Wildman–Crippen LogP) is 12.7. The van der Waals surface area contributed by atoms with Crippen molar-refractivity contribution in [3.05, 3.63) is 72.9 Å². The highest BCUT2D eigenvalue weighted by Crippen LogP contribution is 2.43. The fourth-order valence-electron chi connectivity index (χ4n) is 5.47. The summed E-state index contributed by atoms with van der Waals surface area (Å²) in [7, 11) is -4.28. The molecule has 8 nitrogen and oxygen atoms in total. The second-order valence-electron chi connectivity index (χ2n) is 13.8. The molecule has 0 aliphatic heterocycles. The van der Waals surface area contributed by atoms with Gasteiger partial charge in [-0.2, -0.15) is 0 Å². The van der Waals surface area contributed by atoms with Crippen LogP contribution in [0, 0.1) is 0 Å². The van der Waals surface area contributed by atoms with Crippen LogP contribution in [-0.2, 0) is 27.9 Å². The second-order valence-corrected chi connectivity index (χ2v) is 15.3. The fraction of sp³-hybridized carbons (Fsp3) is 0.711. The summed E-state index contributed by atoms with van der Waals surface area (Å²) in [5, 5.41) is 0. The fourth-order valence-corrected chi connectivity index (χ4v) is 6.24. The molecule has 0 rings (SSSR count). The van der Waals surface area contributed by atoms with Crippen LogP contribution in [0.5, 0.6) is 0 Å². The molecule has 0 spiro atoms. The third-order valence-corrected chi connectivity index (χ3v) is 9.59. The summed E-state index contributed by atoms with van der Waals surface area (Å²) in [5.41, 5.74) is 5.36. The van der Waals surface area contributed by atoms with Gasteiger partial charge in [0.15, 0.2) is 0 Å². The number of esters is 1. The second kappa shape index (κ2) is 42.1. The Hall–Kier alpha value is -2.06. The van der Waals surface area contributed by atoms with Gasteiger partial charge in [-0.1, -0.05) is 157 Å². The van der Waals surface area contributed by atoms with Gasteiger partial charge < -0.3 is 20.1 Å². The van der Waals surface area contributed by atoms with E-state index in [1.165, 1.54) is 70.6 Å². The van der Waals surface area contributed by atoms with E-state index in [2.05, 4.69) is 86.8 Å². The molecule has 0 aromatic heterocycles. The zero-order valence-electron chi connectivity index (χ0n) is 34.4. The van der Waals surface area contributed by atoms with Gasteiger partial charge in [0.25, 0.3) is 0 Å². The topological polar surface area (TPSA) is 117 Å². The Labute approximate surface area is 331 Å². The average Bonchev–Trinajstić information content (AvgIpc) is 3.16. The van der Waals surface area contributed by atoms with Gasteiger partial charge in [-0.15, -0.1) is 0 Å². The van der Waals surface area contributed by atoms with E-state index < -0.39 is 13.9 Å². The lowest BCUT2D eigenvalue weighted by atomic mass is 10.1. The number of phosphoric acid groups is 1. The number of hydrogen-bond acceptors (Lipinski definition) is 7. The van der Waals surface area contributed by atoms with Crippen LogP contribution in [-0.4, -0.2) is 49.9 Å². The van der Waals surface area contributed by atoms with Gasteiger partial charge >= 0.3 is 13.8 Å². The van der Waals surface area contributed by atoms with Crippen molar-refractivity contribution in [2.24, 2.45) is 5.73 Å². The normalized spacial score (nSPS) is 14.2. The summed E-state index contributed by atoms with van der Waals surface area (Å²) in [6.07, 6.45) is 52.0. The average molecular weight is 778 g/mol. The third kappa shape index (κ3) is 41.1. The number of unbranched alkanes of at least 4 members (excludes halogenated alkanes) is 15. The molecule has 0 aromatic carbocycles. The van der Waals surface area contributed by atoms with Gasteiger partial charge in [-0.25, -0.2) is 4.57 Å². The van der Waals surface area contributed by atoms with Crippen molar-refractivity contribution < 1.29 is 32.8 Å². The minimum absolute atomic E-state index is 0.0939. The quantitative estimate of drug-likeness (QED) is 0.0273. The molecule has 0 saturated heterocycles. The molecule has 0 aliphatic rings. The molecule has 312 valence electrons. The van der Waals surface area contributed by atoms with Crippen LogP contribution in [0.1, 0.15) is 168 Å². The van der Waals surface area contributed by atoms with E-state index in [9.17, 15) is 14.3 Å². The Morgan fingerprint density at radius 3 is 1.57 bits per heavy atom. The van der Waals surface area contributed by atoms with E-state index in [-0.39, 0.29) is 32.3 Å². The smallest absolute Gasteiger partial charge is 0.457 e. The molecule has 0 saturated carbocycles. The van der Waals surface area contributed by atoms with Gasteiger partial charge in [0.1, 0.15) is 6.10 Å². The minimum Gasteiger partial charge on any atom is -0.457 e. The molecule has 0 radical (unpaired) electrons. The molecular formula is C45H80NO7P. The lowest BCUT2D eigenvalue weighted by Crippen LogP contribution is -2.28. The first-order valence-electron chi connectivity index (χ1n) is 21.4. The first-order chi connectivity index (χ1) is 26.4. The molecule has 0 aliphatic carbocycles. The number of hydrogen-bond donors (Lipinski definition) is 2. The summed E-state index contributed by atoms with van der Waals surface area (Å²) in [6, 6.07) is 0. The maximum atomic E-state index is 12.6. The molecule has 2 atom stereocenters. The van der Waals surface area contributed by atoms with Crippen molar-refractivity contribution in [2.45, 2.75) is 174 Å². The van der Waals surface area contributed by atoms with Gasteiger partial charge in [0.2, 0.25) is 0 Å². The van der Waals surface area contributed by atoms with E-state index >= 15 is 0 Å². The number of rotatable bonds is 40. The first kappa shape index (κ1) is 51.9. The predicted molar refractivity (Wildman–Crippen MR) is 228 cm³/mol. The van der Waals surface area contributed by atoms with Crippen molar-refractivity contribution in [2.75, 3.05) is 33.0 Å². The number of nitrogens with two attached hydrogens (primary N) is 1. The van der Waals surface area contributed by atoms with Crippen LogP contribution in [0.2, 0.25) is 0 Å². The number of allylic oxidation sites excluding steroid dienone is 12. The van der Waals surface area contributed by atoms with Crippen LogP contribution < -0.4 is 5.73 Å². The van der Waals surface area contributed by atoms with Gasteiger partial charge in [0, 0.05) is 19.6 Å². The zero-order valence-corrected chi connectivity index (χ0v) is 35.3. The molecule has 0 heterocycles. The van der Waals surface area contributed by atoms with E-state index in [0.717, 1.165) is 77.0 Å². The van der Waals surface area contributed by atoms with E-state index in [0.29, 0.717) is 13.0 Å². The van der Waals surface area contributed by atoms with Gasteiger partial charge in [0.05, 0.1) is 19.8 Å². The molecule has 0 bridgehead atoms. The van der Waals surface area contributed by atoms with E-state index in [1.807, 2.05) is 0 Å². The SMILES string of the molecule is CC/C=C\C/C=C\C/C=C\C/C=C\C/C=C\CCCCCCCCCC(=O)OC(COCCCCCCCC/C=C\CCCC)COP(=O)(O)OCCN. The molecule has 9 heteroatoms. The highest BCUT2D eigenvalue weighted by Gasteiger charge is 2.25. The van der Waals surface area contributed by atoms with E-state index in [1.54, 1.807) is 0 Å². The molecular weight excluding hydrogens is 697 g/mol. The number of carbonyl (C=O) groups is 1. The summed E-state index contributed by atoms with van der Waals surface area (Å²) in [6.45, 7) is 4.73. The highest BCUT2D eigenvalue weighted by atomic mass is 31.2. The van der Waals surface area contributed by atoms with Crippen molar-refractivity contribution >= 4 is 13.8 Å². The third-order valence-electron chi connectivity index (χ3n) is 8.61. The Morgan fingerprint density at radius 2 is 1.04 bits per heavy atom. The summed E-state index contributed by atoms with van der Waals surface area (Å²) < 4.78 is 33.4. The molecule has 0 aromatic rings. The molecule has 0 amide bonds. The number of carbonyl (C=O) groups excluding carboxylic acids is 1. The van der Waals surface area contributed by atoms with Crippen molar-refractivity contribution in [3.8, 4) is 0 Å². The lowest BCUT2D eigenvalue weighted by molar-refractivity contribution is -0.154. The van der Waals surface area contributed by atoms with Gasteiger partial charge in [-0.3, -0.25) is 13.8 Å². The Balaban J connectivity index is 4.05. The van der Waals surface area contributed by atoms with Crippen LogP contribution in [0.15, 0.2) is 72.9 Å². The van der Waals surface area contributed by atoms with Crippen LogP contribution in [0.4, 0.5) is 0 Å². The van der Waals surface area contributed by atoms with Crippen LogP contribution in [0.3, 0.4) is 0 Å². The summed E-state index contributed by atoms with van der Waals surface area (Å²) >= 11 is 0. The zero-order chi connectivity index (χ0) is 39.5. The van der Waals surface area contributed by atoms with Crippen molar-refractivity contribution in [1.82, 2.24) is 0 Å². The number of ether oxygens (including phenoxy) is 2. The molecule has 2 unspecified atom stereocenters. The van der Waals surface area contributed by atoms with Crippen molar-refractivity contribution in [1.29, 1.82) is 0 Å². The molecule has 0 fully saturated rings. The van der Waals surface area contributed by atoms with Crippen LogP contribution in [0.25, 0.3) is 0 Å². The van der Waals surface area contributed by atoms with E-state index in [4.69, 9.17) is 24.3 Å². The van der Waals surface area contributed by atoms with Gasteiger partial charge in [-0.05, 0) is 77.0 Å². The summed E-state index contributed by atoms with van der Waals surface area (Å²) in [4.78, 5) is 22.5. The molecule has 3 N–H and O–H groups in total. The summed E-state index contributed by atoms with van der Waals surface area (Å²) in [5.74, 6) is -0.347. The maximum Gasteiger partial charge on any atom is 0.472 e. The minimum atomic E-state index is -4.28. The Kier molecular flexibility index (Phi) is 40.5. The lowest BCUT2D eigenvalue weighted by Gasteiger charge is -2.20. The molecule has 54 heavy (non-hydrogen) atoms. The Bertz CT molecular complexity index is 1050. The highest BCUT2D eigenvalue weighted by molar-refractivity contribution is 7.47.